The van der Waals surface area contributed by atoms with Gasteiger partial charge in [-0.3, -0.25) is 4.40 Å². The summed E-state index contributed by atoms with van der Waals surface area (Å²) >= 11 is 5.93. The van der Waals surface area contributed by atoms with Gasteiger partial charge in [0.1, 0.15) is 17.3 Å². The molecule has 4 nitrogen and oxygen atoms in total. The van der Waals surface area contributed by atoms with E-state index in [0.717, 1.165) is 5.56 Å². The zero-order chi connectivity index (χ0) is 17.2. The van der Waals surface area contributed by atoms with Crippen molar-refractivity contribution in [3.8, 4) is 11.3 Å². The fourth-order valence-corrected chi connectivity index (χ4v) is 2.81. The average Bonchev–Trinajstić information content (AvgIpc) is 3.00. The number of hydrogen-bond donors (Lipinski definition) is 1. The Morgan fingerprint density at radius 3 is 2.64 bits per heavy atom. The van der Waals surface area contributed by atoms with Crippen LogP contribution in [0.1, 0.15) is 5.56 Å². The van der Waals surface area contributed by atoms with Crippen molar-refractivity contribution in [2.45, 2.75) is 6.54 Å². The van der Waals surface area contributed by atoms with Crippen LogP contribution in [0.5, 0.6) is 0 Å². The van der Waals surface area contributed by atoms with Crippen molar-refractivity contribution in [3.05, 3.63) is 83.4 Å². The number of halogens is 2. The first-order valence-electron chi connectivity index (χ1n) is 7.78. The Morgan fingerprint density at radius 2 is 1.84 bits per heavy atom. The van der Waals surface area contributed by atoms with Crippen LogP contribution in [0.25, 0.3) is 17.0 Å². The lowest BCUT2D eigenvalue weighted by Crippen LogP contribution is -2.03. The van der Waals surface area contributed by atoms with E-state index in [0.29, 0.717) is 34.4 Å². The van der Waals surface area contributed by atoms with Gasteiger partial charge in [-0.25, -0.2) is 14.4 Å². The van der Waals surface area contributed by atoms with E-state index >= 15 is 0 Å². The Balaban J connectivity index is 1.77. The van der Waals surface area contributed by atoms with Gasteiger partial charge in [-0.15, -0.1) is 0 Å². The molecule has 4 rings (SSSR count). The van der Waals surface area contributed by atoms with Gasteiger partial charge in [0.2, 0.25) is 5.78 Å². The van der Waals surface area contributed by atoms with Crippen LogP contribution in [0, 0.1) is 5.82 Å². The predicted octanol–water partition coefficient (Wildman–Crippen LogP) is 4.80. The van der Waals surface area contributed by atoms with Crippen molar-refractivity contribution >= 4 is 23.2 Å². The molecule has 25 heavy (non-hydrogen) atoms. The fourth-order valence-electron chi connectivity index (χ4n) is 2.69. The number of hydrogen-bond acceptors (Lipinski definition) is 3. The van der Waals surface area contributed by atoms with Crippen molar-refractivity contribution < 1.29 is 4.39 Å². The minimum absolute atomic E-state index is 0.319. The predicted molar refractivity (Wildman–Crippen MR) is 97.2 cm³/mol. The van der Waals surface area contributed by atoms with Crippen LogP contribution >= 0.6 is 11.6 Å². The number of nitrogens with one attached hydrogen (secondary N) is 1. The Labute approximate surface area is 148 Å². The molecule has 0 aliphatic heterocycles. The molecule has 0 saturated carbocycles. The third-order valence-electron chi connectivity index (χ3n) is 3.91. The first-order chi connectivity index (χ1) is 12.2. The van der Waals surface area contributed by atoms with Crippen LogP contribution in [-0.4, -0.2) is 14.4 Å². The van der Waals surface area contributed by atoms with Gasteiger partial charge in [-0.05, 0) is 35.9 Å². The van der Waals surface area contributed by atoms with Gasteiger partial charge in [0.15, 0.2) is 0 Å². The molecule has 2 heterocycles. The molecular weight excluding hydrogens is 339 g/mol. The molecular formula is C19H14ClFN4. The van der Waals surface area contributed by atoms with Gasteiger partial charge in [0, 0.05) is 29.5 Å². The summed E-state index contributed by atoms with van der Waals surface area (Å²) < 4.78 is 16.1. The molecule has 0 aliphatic rings. The third-order valence-corrected chi connectivity index (χ3v) is 4.16. The maximum Gasteiger partial charge on any atom is 0.235 e. The number of imidazole rings is 1. The van der Waals surface area contributed by atoms with Gasteiger partial charge < -0.3 is 5.32 Å². The monoisotopic (exact) mass is 352 g/mol. The number of rotatable bonds is 4. The molecule has 0 fully saturated rings. The Kier molecular flexibility index (Phi) is 4.07. The largest absolute Gasteiger partial charge is 0.365 e. The normalized spacial score (nSPS) is 11.0. The lowest BCUT2D eigenvalue weighted by atomic mass is 10.1. The van der Waals surface area contributed by atoms with Gasteiger partial charge in [-0.2, -0.15) is 0 Å². The topological polar surface area (TPSA) is 42.2 Å². The first-order valence-corrected chi connectivity index (χ1v) is 8.16. The Bertz CT molecular complexity index is 1030. The molecule has 2 aromatic carbocycles. The van der Waals surface area contributed by atoms with Gasteiger partial charge in [0.25, 0.3) is 0 Å². The molecule has 0 bridgehead atoms. The van der Waals surface area contributed by atoms with Crippen molar-refractivity contribution in [3.63, 3.8) is 0 Å². The summed E-state index contributed by atoms with van der Waals surface area (Å²) in [6.45, 7) is 0.557. The van der Waals surface area contributed by atoms with Crippen LogP contribution in [0.3, 0.4) is 0 Å². The van der Waals surface area contributed by atoms with Crippen molar-refractivity contribution in [2.24, 2.45) is 0 Å². The van der Waals surface area contributed by atoms with E-state index in [1.165, 1.54) is 6.07 Å². The van der Waals surface area contributed by atoms with E-state index in [-0.39, 0.29) is 5.82 Å². The van der Waals surface area contributed by atoms with Crippen LogP contribution in [0.4, 0.5) is 10.2 Å². The van der Waals surface area contributed by atoms with E-state index in [9.17, 15) is 4.39 Å². The SMILES string of the molecule is Fc1ccccc1-c1nc2ncccn2c1NCc1ccc(Cl)cc1. The summed E-state index contributed by atoms with van der Waals surface area (Å²) in [6, 6.07) is 16.0. The van der Waals surface area contributed by atoms with Crippen molar-refractivity contribution in [1.82, 2.24) is 14.4 Å². The molecule has 0 amide bonds. The zero-order valence-corrected chi connectivity index (χ0v) is 13.9. The van der Waals surface area contributed by atoms with E-state index in [1.807, 2.05) is 40.9 Å². The summed E-state index contributed by atoms with van der Waals surface area (Å²) in [6.07, 6.45) is 3.51. The lowest BCUT2D eigenvalue weighted by Gasteiger charge is -2.09. The second-order valence-corrected chi connectivity index (χ2v) is 6.00. The van der Waals surface area contributed by atoms with Crippen molar-refractivity contribution in [1.29, 1.82) is 0 Å². The van der Waals surface area contributed by atoms with Gasteiger partial charge >= 0.3 is 0 Å². The maximum absolute atomic E-state index is 14.3. The molecule has 0 unspecified atom stereocenters. The minimum atomic E-state index is -0.319. The molecule has 4 aromatic rings. The quantitative estimate of drug-likeness (QED) is 0.573. The van der Waals surface area contributed by atoms with Gasteiger partial charge in [0.05, 0.1) is 0 Å². The molecule has 0 spiro atoms. The second kappa shape index (κ2) is 6.53. The van der Waals surface area contributed by atoms with E-state index in [2.05, 4.69) is 15.3 Å². The molecule has 0 aliphatic carbocycles. The summed E-state index contributed by atoms with van der Waals surface area (Å²) in [5, 5.41) is 4.04. The second-order valence-electron chi connectivity index (χ2n) is 5.56. The van der Waals surface area contributed by atoms with Gasteiger partial charge in [-0.1, -0.05) is 35.9 Å². The summed E-state index contributed by atoms with van der Waals surface area (Å²) in [5.74, 6) is 0.892. The lowest BCUT2D eigenvalue weighted by molar-refractivity contribution is 0.631. The van der Waals surface area contributed by atoms with E-state index in [1.54, 1.807) is 24.4 Å². The molecule has 0 radical (unpaired) electrons. The number of aromatic nitrogens is 3. The summed E-state index contributed by atoms with van der Waals surface area (Å²) in [5.41, 5.74) is 2.03. The first kappa shape index (κ1) is 15.6. The van der Waals surface area contributed by atoms with Crippen LogP contribution in [0.2, 0.25) is 5.02 Å². The highest BCUT2D eigenvalue weighted by molar-refractivity contribution is 6.30. The van der Waals surface area contributed by atoms with E-state index in [4.69, 9.17) is 11.6 Å². The van der Waals surface area contributed by atoms with Crippen LogP contribution in [0.15, 0.2) is 67.0 Å². The molecule has 0 atom stereocenters. The highest BCUT2D eigenvalue weighted by Crippen LogP contribution is 2.30. The minimum Gasteiger partial charge on any atom is -0.365 e. The smallest absolute Gasteiger partial charge is 0.235 e. The molecule has 2 aromatic heterocycles. The Hall–Kier alpha value is -2.92. The maximum atomic E-state index is 14.3. The average molecular weight is 353 g/mol. The summed E-state index contributed by atoms with van der Waals surface area (Å²) in [7, 11) is 0. The molecule has 124 valence electrons. The number of benzene rings is 2. The van der Waals surface area contributed by atoms with Crippen molar-refractivity contribution in [2.75, 3.05) is 5.32 Å². The standard InChI is InChI=1S/C19H14ClFN4/c20-14-8-6-13(7-9-14)12-23-18-17(15-4-1-2-5-16(15)21)24-19-22-10-3-11-25(18)19/h1-11,23H,12H2. The van der Waals surface area contributed by atoms with Crippen LogP contribution < -0.4 is 5.32 Å². The highest BCUT2D eigenvalue weighted by atomic mass is 35.5. The van der Waals surface area contributed by atoms with Crippen LogP contribution in [-0.2, 0) is 6.54 Å². The number of anilines is 1. The summed E-state index contributed by atoms with van der Waals surface area (Å²) in [4.78, 5) is 8.75. The fraction of sp³-hybridized carbons (Fsp3) is 0.0526. The molecule has 0 saturated heterocycles. The molecule has 6 heteroatoms. The molecule has 1 N–H and O–H groups in total. The highest BCUT2D eigenvalue weighted by Gasteiger charge is 2.17. The van der Waals surface area contributed by atoms with E-state index < -0.39 is 0 Å². The Morgan fingerprint density at radius 1 is 1.04 bits per heavy atom. The third kappa shape index (κ3) is 3.06. The number of nitrogens with zero attached hydrogens (tertiary/aromatic N) is 3. The zero-order valence-electron chi connectivity index (χ0n) is 13.2. The number of fused-ring (bicyclic) bond motifs is 1.